The highest BCUT2D eigenvalue weighted by atomic mass is 127. The summed E-state index contributed by atoms with van der Waals surface area (Å²) < 4.78 is 5.12. The third-order valence-electron chi connectivity index (χ3n) is 3.29. The average Bonchev–Trinajstić information content (AvgIpc) is 2.46. The number of carboxylic acid groups (broad SMARTS) is 1. The minimum atomic E-state index is -0.830. The number of aliphatic carboxylic acids is 1. The quantitative estimate of drug-likeness (QED) is 0.768. The van der Waals surface area contributed by atoms with Gasteiger partial charge in [0.1, 0.15) is 0 Å². The van der Waals surface area contributed by atoms with Crippen LogP contribution in [0.3, 0.4) is 0 Å². The van der Waals surface area contributed by atoms with Crippen molar-refractivity contribution in [2.24, 2.45) is 0 Å². The fourth-order valence-electron chi connectivity index (χ4n) is 2.38. The van der Waals surface area contributed by atoms with Crippen molar-refractivity contribution in [3.63, 3.8) is 0 Å². The minimum Gasteiger partial charge on any atom is -0.481 e. The predicted molar refractivity (Wildman–Crippen MR) is 89.7 cm³/mol. The predicted octanol–water partition coefficient (Wildman–Crippen LogP) is 4.23. The first-order chi connectivity index (χ1) is 10.0. The molecule has 0 spiro atoms. The maximum absolute atomic E-state index is 11.2. The SMILES string of the molecule is CC(C)c1cccc(-c2ccnc(OI)c2)c1CC(=O)O. The first kappa shape index (κ1) is 15.8. The van der Waals surface area contributed by atoms with Gasteiger partial charge in [0.25, 0.3) is 0 Å². The van der Waals surface area contributed by atoms with Crippen LogP contribution in [0.5, 0.6) is 5.88 Å². The maximum Gasteiger partial charge on any atom is 0.307 e. The monoisotopic (exact) mass is 397 g/mol. The molecule has 4 nitrogen and oxygen atoms in total. The molecule has 0 saturated heterocycles. The van der Waals surface area contributed by atoms with Gasteiger partial charge in [0, 0.05) is 12.3 Å². The number of pyridine rings is 1. The van der Waals surface area contributed by atoms with Crippen molar-refractivity contribution in [3.8, 4) is 17.0 Å². The molecule has 0 amide bonds. The van der Waals surface area contributed by atoms with E-state index in [1.54, 1.807) is 29.2 Å². The Morgan fingerprint density at radius 2 is 2.14 bits per heavy atom. The van der Waals surface area contributed by atoms with Gasteiger partial charge in [-0.3, -0.25) is 4.79 Å². The minimum absolute atomic E-state index is 0.00638. The van der Waals surface area contributed by atoms with Crippen molar-refractivity contribution in [2.75, 3.05) is 0 Å². The van der Waals surface area contributed by atoms with E-state index in [0.29, 0.717) is 5.88 Å². The van der Waals surface area contributed by atoms with Crippen LogP contribution in [0.25, 0.3) is 11.1 Å². The Morgan fingerprint density at radius 1 is 1.38 bits per heavy atom. The van der Waals surface area contributed by atoms with Gasteiger partial charge >= 0.3 is 5.97 Å². The summed E-state index contributed by atoms with van der Waals surface area (Å²) in [6.45, 7) is 4.13. The van der Waals surface area contributed by atoms with Crippen molar-refractivity contribution in [1.82, 2.24) is 4.98 Å². The van der Waals surface area contributed by atoms with E-state index in [2.05, 4.69) is 18.8 Å². The largest absolute Gasteiger partial charge is 0.481 e. The van der Waals surface area contributed by atoms with Crippen LogP contribution in [0.1, 0.15) is 30.9 Å². The van der Waals surface area contributed by atoms with E-state index in [1.165, 1.54) is 0 Å². The number of benzene rings is 1. The molecule has 0 fully saturated rings. The first-order valence-electron chi connectivity index (χ1n) is 6.61. The molecule has 0 atom stereocenters. The topological polar surface area (TPSA) is 59.4 Å². The third kappa shape index (κ3) is 3.72. The van der Waals surface area contributed by atoms with Crippen molar-refractivity contribution in [2.45, 2.75) is 26.2 Å². The Labute approximate surface area is 137 Å². The molecule has 0 saturated carbocycles. The Morgan fingerprint density at radius 3 is 2.76 bits per heavy atom. The molecule has 2 aromatic rings. The molecule has 110 valence electrons. The van der Waals surface area contributed by atoms with E-state index in [4.69, 9.17) is 3.07 Å². The lowest BCUT2D eigenvalue weighted by Gasteiger charge is -2.16. The zero-order valence-corrected chi connectivity index (χ0v) is 14.0. The van der Waals surface area contributed by atoms with Crippen LogP contribution in [0, 0.1) is 0 Å². The van der Waals surface area contributed by atoms with Gasteiger partial charge in [-0.2, -0.15) is 0 Å². The van der Waals surface area contributed by atoms with Gasteiger partial charge < -0.3 is 8.17 Å². The molecule has 0 aliphatic rings. The van der Waals surface area contributed by atoms with E-state index in [0.717, 1.165) is 22.3 Å². The number of carbonyl (C=O) groups is 1. The number of rotatable bonds is 5. The lowest BCUT2D eigenvalue weighted by atomic mass is 9.89. The average molecular weight is 397 g/mol. The fraction of sp³-hybridized carbons (Fsp3) is 0.250. The number of aromatic nitrogens is 1. The zero-order valence-electron chi connectivity index (χ0n) is 11.8. The summed E-state index contributed by atoms with van der Waals surface area (Å²) in [6, 6.07) is 9.57. The molecular formula is C16H16INO3. The third-order valence-corrected chi connectivity index (χ3v) is 3.74. The molecule has 1 aromatic heterocycles. The van der Waals surface area contributed by atoms with Crippen molar-refractivity contribution < 1.29 is 13.0 Å². The van der Waals surface area contributed by atoms with Crippen molar-refractivity contribution in [1.29, 1.82) is 0 Å². The number of hydrogen-bond donors (Lipinski definition) is 1. The van der Waals surface area contributed by atoms with Crippen LogP contribution in [0.4, 0.5) is 0 Å². The number of carboxylic acids is 1. The molecule has 0 radical (unpaired) electrons. The highest BCUT2D eigenvalue weighted by molar-refractivity contribution is 14.1. The van der Waals surface area contributed by atoms with Gasteiger partial charge in [-0.25, -0.2) is 4.98 Å². The van der Waals surface area contributed by atoms with Crippen molar-refractivity contribution >= 4 is 29.0 Å². The number of nitrogens with zero attached hydrogens (tertiary/aromatic N) is 1. The normalized spacial score (nSPS) is 10.7. The Bertz CT molecular complexity index is 656. The van der Waals surface area contributed by atoms with E-state index in [-0.39, 0.29) is 12.3 Å². The Balaban J connectivity index is 2.61. The summed E-state index contributed by atoms with van der Waals surface area (Å²) in [5.74, 6) is -0.0606. The zero-order chi connectivity index (χ0) is 15.4. The molecule has 1 N–H and O–H groups in total. The van der Waals surface area contributed by atoms with Crippen LogP contribution in [0.15, 0.2) is 36.5 Å². The van der Waals surface area contributed by atoms with Gasteiger partial charge in [0.15, 0.2) is 23.0 Å². The van der Waals surface area contributed by atoms with Crippen molar-refractivity contribution in [3.05, 3.63) is 47.7 Å². The van der Waals surface area contributed by atoms with Gasteiger partial charge in [0.2, 0.25) is 5.88 Å². The Hall–Kier alpha value is -1.63. The maximum atomic E-state index is 11.2. The smallest absolute Gasteiger partial charge is 0.307 e. The van der Waals surface area contributed by atoms with Crippen LogP contribution < -0.4 is 3.07 Å². The lowest BCUT2D eigenvalue weighted by Crippen LogP contribution is -2.06. The molecule has 1 heterocycles. The molecule has 2 rings (SSSR count). The van der Waals surface area contributed by atoms with Crippen LogP contribution >= 0.6 is 23.0 Å². The van der Waals surface area contributed by atoms with Gasteiger partial charge in [0.05, 0.1) is 6.42 Å². The fourth-order valence-corrected chi connectivity index (χ4v) is 2.62. The number of halogens is 1. The standard InChI is InChI=1S/C16H16INO3/c1-10(2)12-4-3-5-13(14(12)9-16(19)20)11-6-7-18-15(8-11)21-17/h3-8,10H,9H2,1-2H3,(H,19,20). The molecule has 0 bridgehead atoms. The molecule has 0 aliphatic carbocycles. The van der Waals surface area contributed by atoms with Crippen LogP contribution in [-0.4, -0.2) is 16.1 Å². The second kappa shape index (κ2) is 6.89. The molecule has 0 unspecified atom stereocenters. The molecule has 5 heteroatoms. The summed E-state index contributed by atoms with van der Waals surface area (Å²) >= 11 is 1.78. The van der Waals surface area contributed by atoms with E-state index in [9.17, 15) is 9.90 Å². The summed E-state index contributed by atoms with van der Waals surface area (Å²) in [4.78, 5) is 15.3. The van der Waals surface area contributed by atoms with Gasteiger partial charge in [-0.05, 0) is 34.2 Å². The van der Waals surface area contributed by atoms with E-state index < -0.39 is 5.97 Å². The molecule has 1 aromatic carbocycles. The lowest BCUT2D eigenvalue weighted by molar-refractivity contribution is -0.136. The van der Waals surface area contributed by atoms with Gasteiger partial charge in [-0.1, -0.05) is 32.0 Å². The van der Waals surface area contributed by atoms with Crippen LogP contribution in [-0.2, 0) is 11.2 Å². The summed E-state index contributed by atoms with van der Waals surface area (Å²) in [5, 5.41) is 9.21. The Kier molecular flexibility index (Phi) is 5.17. The highest BCUT2D eigenvalue weighted by Gasteiger charge is 2.15. The second-order valence-electron chi connectivity index (χ2n) is 5.06. The van der Waals surface area contributed by atoms with E-state index >= 15 is 0 Å². The first-order valence-corrected chi connectivity index (χ1v) is 7.49. The molecular weight excluding hydrogens is 381 g/mol. The van der Waals surface area contributed by atoms with Crippen LogP contribution in [0.2, 0.25) is 0 Å². The number of hydrogen-bond acceptors (Lipinski definition) is 3. The van der Waals surface area contributed by atoms with E-state index in [1.807, 2.05) is 30.3 Å². The summed E-state index contributed by atoms with van der Waals surface area (Å²) in [6.07, 6.45) is 1.67. The summed E-state index contributed by atoms with van der Waals surface area (Å²) in [7, 11) is 0. The second-order valence-corrected chi connectivity index (χ2v) is 5.50. The summed E-state index contributed by atoms with van der Waals surface area (Å²) in [5.41, 5.74) is 3.74. The molecule has 21 heavy (non-hydrogen) atoms. The highest BCUT2D eigenvalue weighted by Crippen LogP contribution is 2.32. The molecule has 0 aliphatic heterocycles. The van der Waals surface area contributed by atoms with Gasteiger partial charge in [-0.15, -0.1) is 0 Å².